The molecule has 1 aromatic rings. The summed E-state index contributed by atoms with van der Waals surface area (Å²) in [7, 11) is 1.75. The predicted molar refractivity (Wildman–Crippen MR) is 83.5 cm³/mol. The van der Waals surface area contributed by atoms with Gasteiger partial charge in [-0.3, -0.25) is 4.90 Å². The van der Waals surface area contributed by atoms with Crippen LogP contribution in [0.5, 0.6) is 0 Å². The summed E-state index contributed by atoms with van der Waals surface area (Å²) in [5.74, 6) is 0.826. The van der Waals surface area contributed by atoms with Crippen LogP contribution in [-0.4, -0.2) is 31.6 Å². The van der Waals surface area contributed by atoms with Crippen molar-refractivity contribution in [2.24, 2.45) is 11.7 Å². The van der Waals surface area contributed by atoms with E-state index in [4.69, 9.17) is 10.5 Å². The Labute approximate surface area is 123 Å². The molecular formula is C17H28N2O. The molecule has 0 radical (unpaired) electrons. The van der Waals surface area contributed by atoms with E-state index in [0.29, 0.717) is 19.2 Å². The SMILES string of the molecule is CCC1CCCN(C(CN)c2ccccc2COC)C1. The third-order valence-electron chi connectivity index (χ3n) is 4.51. The molecule has 0 saturated carbocycles. The Balaban J connectivity index is 2.18. The van der Waals surface area contributed by atoms with Gasteiger partial charge in [-0.2, -0.15) is 0 Å². The lowest BCUT2D eigenvalue weighted by Crippen LogP contribution is -2.41. The standard InChI is InChI=1S/C17H28N2O/c1-3-14-7-6-10-19(12-14)17(11-18)16-9-5-4-8-15(16)13-20-2/h4-5,8-9,14,17H,3,6-7,10-13,18H2,1-2H3. The summed E-state index contributed by atoms with van der Waals surface area (Å²) in [5, 5.41) is 0. The van der Waals surface area contributed by atoms with E-state index in [-0.39, 0.29) is 0 Å². The molecule has 0 spiro atoms. The molecule has 2 unspecified atom stereocenters. The Bertz CT molecular complexity index is 408. The number of likely N-dealkylation sites (tertiary alicyclic amines) is 1. The minimum Gasteiger partial charge on any atom is -0.380 e. The Hall–Kier alpha value is -0.900. The smallest absolute Gasteiger partial charge is 0.0716 e. The van der Waals surface area contributed by atoms with E-state index in [9.17, 15) is 0 Å². The van der Waals surface area contributed by atoms with Gasteiger partial charge in [0, 0.05) is 26.2 Å². The lowest BCUT2D eigenvalue weighted by atomic mass is 9.92. The van der Waals surface area contributed by atoms with Crippen molar-refractivity contribution < 1.29 is 4.74 Å². The molecule has 2 atom stereocenters. The van der Waals surface area contributed by atoms with Crippen molar-refractivity contribution in [2.45, 2.75) is 38.8 Å². The molecule has 2 N–H and O–H groups in total. The van der Waals surface area contributed by atoms with E-state index in [1.54, 1.807) is 7.11 Å². The Morgan fingerprint density at radius 3 is 2.90 bits per heavy atom. The molecular weight excluding hydrogens is 248 g/mol. The first kappa shape index (κ1) is 15.5. The first-order chi connectivity index (χ1) is 9.80. The number of nitrogens with zero attached hydrogens (tertiary/aromatic N) is 1. The van der Waals surface area contributed by atoms with E-state index in [2.05, 4.69) is 36.1 Å². The zero-order valence-electron chi connectivity index (χ0n) is 12.8. The van der Waals surface area contributed by atoms with Crippen molar-refractivity contribution in [2.75, 3.05) is 26.7 Å². The predicted octanol–water partition coefficient (Wildman–Crippen LogP) is 2.95. The van der Waals surface area contributed by atoms with Crippen LogP contribution in [0.15, 0.2) is 24.3 Å². The third-order valence-corrected chi connectivity index (χ3v) is 4.51. The number of benzene rings is 1. The summed E-state index contributed by atoms with van der Waals surface area (Å²) in [4.78, 5) is 2.58. The minimum atomic E-state index is 0.329. The average molecular weight is 276 g/mol. The second-order valence-corrected chi connectivity index (χ2v) is 5.79. The average Bonchev–Trinajstić information content (AvgIpc) is 2.50. The molecule has 0 aliphatic carbocycles. The second-order valence-electron chi connectivity index (χ2n) is 5.79. The number of piperidine rings is 1. The van der Waals surface area contributed by atoms with E-state index in [0.717, 1.165) is 5.92 Å². The van der Waals surface area contributed by atoms with Crippen molar-refractivity contribution in [3.8, 4) is 0 Å². The van der Waals surface area contributed by atoms with Gasteiger partial charge in [-0.1, -0.05) is 37.6 Å². The van der Waals surface area contributed by atoms with Gasteiger partial charge in [-0.05, 0) is 36.4 Å². The van der Waals surface area contributed by atoms with Gasteiger partial charge in [-0.15, -0.1) is 0 Å². The van der Waals surface area contributed by atoms with Gasteiger partial charge < -0.3 is 10.5 Å². The molecule has 1 aromatic carbocycles. The fourth-order valence-electron chi connectivity index (χ4n) is 3.33. The first-order valence-electron chi connectivity index (χ1n) is 7.81. The topological polar surface area (TPSA) is 38.5 Å². The Kier molecular flexibility index (Phi) is 6.02. The quantitative estimate of drug-likeness (QED) is 0.868. The van der Waals surface area contributed by atoms with Crippen molar-refractivity contribution >= 4 is 0 Å². The molecule has 20 heavy (non-hydrogen) atoms. The number of methoxy groups -OCH3 is 1. The van der Waals surface area contributed by atoms with Crippen LogP contribution >= 0.6 is 0 Å². The first-order valence-corrected chi connectivity index (χ1v) is 7.81. The summed E-state index contributed by atoms with van der Waals surface area (Å²) in [6.07, 6.45) is 3.93. The molecule has 0 amide bonds. The van der Waals surface area contributed by atoms with Crippen LogP contribution < -0.4 is 5.73 Å². The lowest BCUT2D eigenvalue weighted by Gasteiger charge is -2.38. The van der Waals surface area contributed by atoms with Gasteiger partial charge in [0.1, 0.15) is 0 Å². The highest BCUT2D eigenvalue weighted by atomic mass is 16.5. The highest BCUT2D eigenvalue weighted by molar-refractivity contribution is 5.30. The van der Waals surface area contributed by atoms with Crippen molar-refractivity contribution in [1.82, 2.24) is 4.90 Å². The van der Waals surface area contributed by atoms with Gasteiger partial charge in [0.25, 0.3) is 0 Å². The fraction of sp³-hybridized carbons (Fsp3) is 0.647. The summed E-state index contributed by atoms with van der Waals surface area (Å²) >= 11 is 0. The number of ether oxygens (including phenoxy) is 1. The Morgan fingerprint density at radius 1 is 1.40 bits per heavy atom. The van der Waals surface area contributed by atoms with Crippen LogP contribution in [0.3, 0.4) is 0 Å². The number of hydrogen-bond donors (Lipinski definition) is 1. The Morgan fingerprint density at radius 2 is 2.20 bits per heavy atom. The zero-order valence-corrected chi connectivity index (χ0v) is 12.8. The fourth-order valence-corrected chi connectivity index (χ4v) is 3.33. The monoisotopic (exact) mass is 276 g/mol. The van der Waals surface area contributed by atoms with E-state index in [1.165, 1.54) is 43.5 Å². The molecule has 3 heteroatoms. The maximum Gasteiger partial charge on any atom is 0.0716 e. The maximum atomic E-state index is 6.11. The van der Waals surface area contributed by atoms with Gasteiger partial charge in [0.15, 0.2) is 0 Å². The molecule has 2 rings (SSSR count). The van der Waals surface area contributed by atoms with Crippen LogP contribution in [0.2, 0.25) is 0 Å². The van der Waals surface area contributed by atoms with Gasteiger partial charge in [0.05, 0.1) is 6.61 Å². The minimum absolute atomic E-state index is 0.329. The third kappa shape index (κ3) is 3.60. The maximum absolute atomic E-state index is 6.11. The van der Waals surface area contributed by atoms with Crippen molar-refractivity contribution in [3.63, 3.8) is 0 Å². The summed E-state index contributed by atoms with van der Waals surface area (Å²) in [6, 6.07) is 8.88. The number of hydrogen-bond acceptors (Lipinski definition) is 3. The molecule has 1 saturated heterocycles. The van der Waals surface area contributed by atoms with Crippen LogP contribution in [0.25, 0.3) is 0 Å². The molecule has 1 heterocycles. The van der Waals surface area contributed by atoms with Crippen molar-refractivity contribution in [3.05, 3.63) is 35.4 Å². The molecule has 1 aliphatic rings. The lowest BCUT2D eigenvalue weighted by molar-refractivity contribution is 0.121. The highest BCUT2D eigenvalue weighted by Gasteiger charge is 2.26. The van der Waals surface area contributed by atoms with E-state index in [1.807, 2.05) is 0 Å². The second kappa shape index (κ2) is 7.77. The molecule has 3 nitrogen and oxygen atoms in total. The van der Waals surface area contributed by atoms with Crippen LogP contribution in [0.4, 0.5) is 0 Å². The van der Waals surface area contributed by atoms with Crippen LogP contribution in [0, 0.1) is 5.92 Å². The molecule has 0 bridgehead atoms. The molecule has 0 aromatic heterocycles. The van der Waals surface area contributed by atoms with Crippen LogP contribution in [0.1, 0.15) is 43.4 Å². The number of rotatable bonds is 6. The summed E-state index contributed by atoms with van der Waals surface area (Å²) in [6.45, 7) is 5.98. The normalized spacial score (nSPS) is 21.9. The van der Waals surface area contributed by atoms with Crippen molar-refractivity contribution in [1.29, 1.82) is 0 Å². The molecule has 1 fully saturated rings. The van der Waals surface area contributed by atoms with Gasteiger partial charge in [0.2, 0.25) is 0 Å². The summed E-state index contributed by atoms with van der Waals surface area (Å²) < 4.78 is 5.33. The van der Waals surface area contributed by atoms with Crippen LogP contribution in [-0.2, 0) is 11.3 Å². The summed E-state index contributed by atoms with van der Waals surface area (Å²) in [5.41, 5.74) is 8.71. The van der Waals surface area contributed by atoms with E-state index >= 15 is 0 Å². The largest absolute Gasteiger partial charge is 0.380 e. The molecule has 112 valence electrons. The highest BCUT2D eigenvalue weighted by Crippen LogP contribution is 2.29. The van der Waals surface area contributed by atoms with Gasteiger partial charge >= 0.3 is 0 Å². The van der Waals surface area contributed by atoms with E-state index < -0.39 is 0 Å². The molecule has 1 aliphatic heterocycles. The number of nitrogens with two attached hydrogens (primary N) is 1. The van der Waals surface area contributed by atoms with Gasteiger partial charge in [-0.25, -0.2) is 0 Å². The zero-order chi connectivity index (χ0) is 14.4.